The van der Waals surface area contributed by atoms with Crippen molar-refractivity contribution in [3.63, 3.8) is 0 Å². The highest BCUT2D eigenvalue weighted by atomic mass is 19.1. The van der Waals surface area contributed by atoms with Crippen molar-refractivity contribution < 1.29 is 9.18 Å². The van der Waals surface area contributed by atoms with Gasteiger partial charge in [-0.1, -0.05) is 36.4 Å². The minimum atomic E-state index is -0.279. The maximum absolute atomic E-state index is 12.9. The fraction of sp³-hybridized carbons (Fsp3) is 0.278. The molecule has 2 amide bonds. The minimum Gasteiger partial charge on any atom is -0.331 e. The van der Waals surface area contributed by atoms with Gasteiger partial charge in [0.2, 0.25) is 0 Å². The zero-order chi connectivity index (χ0) is 16.1. The third kappa shape index (κ3) is 4.07. The normalized spacial score (nSPS) is 11.8. The van der Waals surface area contributed by atoms with Crippen molar-refractivity contribution in [3.05, 3.63) is 71.0 Å². The van der Waals surface area contributed by atoms with Crippen molar-refractivity contribution in [2.24, 2.45) is 0 Å². The number of nitrogens with zero attached hydrogens (tertiary/aromatic N) is 1. The van der Waals surface area contributed by atoms with Crippen LogP contribution in [-0.4, -0.2) is 18.0 Å². The van der Waals surface area contributed by atoms with Gasteiger partial charge in [-0.3, -0.25) is 0 Å². The molecule has 0 aromatic heterocycles. The molecule has 0 heterocycles. The average molecular weight is 300 g/mol. The number of nitrogens with one attached hydrogen (secondary N) is 1. The largest absolute Gasteiger partial charge is 0.331 e. The molecule has 1 N–H and O–H groups in total. The van der Waals surface area contributed by atoms with E-state index >= 15 is 0 Å². The van der Waals surface area contributed by atoms with E-state index in [4.69, 9.17) is 0 Å². The first kappa shape index (κ1) is 16.0. The Labute approximate surface area is 130 Å². The Morgan fingerprint density at radius 1 is 1.18 bits per heavy atom. The monoisotopic (exact) mass is 300 g/mol. The second-order valence-corrected chi connectivity index (χ2v) is 5.51. The zero-order valence-electron chi connectivity index (χ0n) is 13.1. The van der Waals surface area contributed by atoms with Gasteiger partial charge in [0.05, 0.1) is 6.04 Å². The summed E-state index contributed by atoms with van der Waals surface area (Å²) < 4.78 is 12.9. The van der Waals surface area contributed by atoms with Gasteiger partial charge in [-0.25, -0.2) is 9.18 Å². The molecule has 0 radical (unpaired) electrons. The SMILES string of the molecule is Cc1ccccc1CN(C)C(=O)NC(C)c1ccc(F)cc1. The van der Waals surface area contributed by atoms with Crippen LogP contribution in [0.15, 0.2) is 48.5 Å². The van der Waals surface area contributed by atoms with Crippen molar-refractivity contribution in [1.82, 2.24) is 10.2 Å². The van der Waals surface area contributed by atoms with Gasteiger partial charge in [0.1, 0.15) is 5.82 Å². The van der Waals surface area contributed by atoms with Gasteiger partial charge >= 0.3 is 6.03 Å². The molecule has 0 aliphatic carbocycles. The second-order valence-electron chi connectivity index (χ2n) is 5.51. The number of benzene rings is 2. The van der Waals surface area contributed by atoms with Gasteiger partial charge < -0.3 is 10.2 Å². The Bertz CT molecular complexity index is 640. The topological polar surface area (TPSA) is 32.3 Å². The molecular formula is C18H21FN2O. The summed E-state index contributed by atoms with van der Waals surface area (Å²) >= 11 is 0. The lowest BCUT2D eigenvalue weighted by Crippen LogP contribution is -2.38. The lowest BCUT2D eigenvalue weighted by Gasteiger charge is -2.22. The number of rotatable bonds is 4. The molecule has 2 aromatic rings. The van der Waals surface area contributed by atoms with E-state index in [1.54, 1.807) is 24.1 Å². The number of amides is 2. The van der Waals surface area contributed by atoms with Crippen molar-refractivity contribution in [2.75, 3.05) is 7.05 Å². The Morgan fingerprint density at radius 2 is 1.82 bits per heavy atom. The van der Waals surface area contributed by atoms with Crippen LogP contribution >= 0.6 is 0 Å². The summed E-state index contributed by atoms with van der Waals surface area (Å²) in [6, 6.07) is 13.8. The summed E-state index contributed by atoms with van der Waals surface area (Å²) in [6.07, 6.45) is 0. The van der Waals surface area contributed by atoms with E-state index in [2.05, 4.69) is 5.32 Å². The molecule has 0 spiro atoms. The molecule has 1 unspecified atom stereocenters. The van der Waals surface area contributed by atoms with E-state index in [1.807, 2.05) is 38.1 Å². The smallest absolute Gasteiger partial charge is 0.317 e. The van der Waals surface area contributed by atoms with Gasteiger partial charge in [0.25, 0.3) is 0 Å². The van der Waals surface area contributed by atoms with Crippen LogP contribution in [0, 0.1) is 12.7 Å². The van der Waals surface area contributed by atoms with Crippen molar-refractivity contribution in [3.8, 4) is 0 Å². The van der Waals surface area contributed by atoms with E-state index < -0.39 is 0 Å². The average Bonchev–Trinajstić information content (AvgIpc) is 2.50. The van der Waals surface area contributed by atoms with E-state index in [-0.39, 0.29) is 17.9 Å². The fourth-order valence-corrected chi connectivity index (χ4v) is 2.25. The van der Waals surface area contributed by atoms with Crippen LogP contribution in [0.2, 0.25) is 0 Å². The number of hydrogen-bond acceptors (Lipinski definition) is 1. The van der Waals surface area contributed by atoms with Crippen LogP contribution in [0.5, 0.6) is 0 Å². The molecule has 0 fully saturated rings. The Kier molecular flexibility index (Phi) is 5.15. The van der Waals surface area contributed by atoms with Crippen LogP contribution in [0.4, 0.5) is 9.18 Å². The molecule has 0 saturated carbocycles. The first-order chi connectivity index (χ1) is 10.5. The van der Waals surface area contributed by atoms with Crippen molar-refractivity contribution in [2.45, 2.75) is 26.4 Å². The van der Waals surface area contributed by atoms with Crippen molar-refractivity contribution in [1.29, 1.82) is 0 Å². The highest BCUT2D eigenvalue weighted by molar-refractivity contribution is 5.74. The highest BCUT2D eigenvalue weighted by Crippen LogP contribution is 2.14. The summed E-state index contributed by atoms with van der Waals surface area (Å²) in [6.45, 7) is 4.46. The predicted octanol–water partition coefficient (Wildman–Crippen LogP) is 4.04. The van der Waals surface area contributed by atoms with Crippen LogP contribution in [0.3, 0.4) is 0 Å². The molecule has 0 bridgehead atoms. The molecule has 2 aromatic carbocycles. The summed E-state index contributed by atoms with van der Waals surface area (Å²) in [5.41, 5.74) is 3.15. The Balaban J connectivity index is 1.96. The lowest BCUT2D eigenvalue weighted by atomic mass is 10.1. The second kappa shape index (κ2) is 7.07. The van der Waals surface area contributed by atoms with Gasteiger partial charge in [-0.15, -0.1) is 0 Å². The fourth-order valence-electron chi connectivity index (χ4n) is 2.25. The molecular weight excluding hydrogens is 279 g/mol. The molecule has 3 nitrogen and oxygen atoms in total. The Hall–Kier alpha value is -2.36. The molecule has 1 atom stereocenters. The van der Waals surface area contributed by atoms with E-state index in [1.165, 1.54) is 12.1 Å². The number of carbonyl (C=O) groups excluding carboxylic acids is 1. The van der Waals surface area contributed by atoms with E-state index in [9.17, 15) is 9.18 Å². The summed E-state index contributed by atoms with van der Waals surface area (Å²) in [5.74, 6) is -0.279. The number of halogens is 1. The number of urea groups is 1. The van der Waals surface area contributed by atoms with Gasteiger partial charge in [-0.2, -0.15) is 0 Å². The predicted molar refractivity (Wildman–Crippen MR) is 86.0 cm³/mol. The highest BCUT2D eigenvalue weighted by Gasteiger charge is 2.14. The number of hydrogen-bond donors (Lipinski definition) is 1. The minimum absolute atomic E-state index is 0.153. The van der Waals surface area contributed by atoms with E-state index in [0.717, 1.165) is 16.7 Å². The van der Waals surface area contributed by atoms with Gasteiger partial charge in [-0.05, 0) is 42.7 Å². The summed E-state index contributed by atoms with van der Waals surface area (Å²) in [7, 11) is 1.76. The summed E-state index contributed by atoms with van der Waals surface area (Å²) in [4.78, 5) is 13.9. The molecule has 4 heteroatoms. The summed E-state index contributed by atoms with van der Waals surface area (Å²) in [5, 5.41) is 2.92. The quantitative estimate of drug-likeness (QED) is 0.908. The first-order valence-electron chi connectivity index (χ1n) is 7.29. The Morgan fingerprint density at radius 3 is 2.45 bits per heavy atom. The van der Waals surface area contributed by atoms with E-state index in [0.29, 0.717) is 6.54 Å². The van der Waals surface area contributed by atoms with Crippen LogP contribution in [-0.2, 0) is 6.54 Å². The van der Waals surface area contributed by atoms with Crippen LogP contribution in [0.1, 0.15) is 29.7 Å². The standard InChI is InChI=1S/C18H21FN2O/c1-13-6-4-5-7-16(13)12-21(3)18(22)20-14(2)15-8-10-17(19)11-9-15/h4-11,14H,12H2,1-3H3,(H,20,22). The maximum Gasteiger partial charge on any atom is 0.317 e. The first-order valence-corrected chi connectivity index (χ1v) is 7.29. The third-order valence-electron chi connectivity index (χ3n) is 3.73. The molecule has 22 heavy (non-hydrogen) atoms. The zero-order valence-corrected chi connectivity index (χ0v) is 13.1. The molecule has 2 rings (SSSR count). The van der Waals surface area contributed by atoms with Gasteiger partial charge in [0.15, 0.2) is 0 Å². The van der Waals surface area contributed by atoms with Crippen LogP contribution in [0.25, 0.3) is 0 Å². The molecule has 116 valence electrons. The molecule has 0 aliphatic rings. The number of carbonyl (C=O) groups is 1. The van der Waals surface area contributed by atoms with Crippen LogP contribution < -0.4 is 5.32 Å². The molecule has 0 saturated heterocycles. The third-order valence-corrected chi connectivity index (χ3v) is 3.73. The van der Waals surface area contributed by atoms with Crippen molar-refractivity contribution >= 4 is 6.03 Å². The lowest BCUT2D eigenvalue weighted by molar-refractivity contribution is 0.203. The number of aryl methyl sites for hydroxylation is 1. The maximum atomic E-state index is 12.9. The molecule has 0 aliphatic heterocycles. The van der Waals surface area contributed by atoms with Gasteiger partial charge in [0, 0.05) is 13.6 Å².